The number of carbonyl (C=O) groups excluding carboxylic acids is 1. The number of furan rings is 1. The van der Waals surface area contributed by atoms with Crippen LogP contribution in [0.1, 0.15) is 17.1 Å². The van der Waals surface area contributed by atoms with E-state index in [0.29, 0.717) is 25.9 Å². The van der Waals surface area contributed by atoms with Crippen molar-refractivity contribution in [3.63, 3.8) is 0 Å². The number of rotatable bonds is 7. The number of thiophene rings is 1. The zero-order valence-corrected chi connectivity index (χ0v) is 12.6. The van der Waals surface area contributed by atoms with Crippen molar-refractivity contribution in [2.75, 3.05) is 6.54 Å². The third-order valence-corrected chi connectivity index (χ3v) is 4.06. The van der Waals surface area contributed by atoms with Gasteiger partial charge >= 0.3 is 0 Å². The van der Waals surface area contributed by atoms with Gasteiger partial charge < -0.3 is 9.32 Å². The minimum atomic E-state index is 0.0887. The number of amides is 1. The van der Waals surface area contributed by atoms with Crippen LogP contribution < -0.4 is 0 Å². The van der Waals surface area contributed by atoms with Gasteiger partial charge in [0.1, 0.15) is 5.76 Å². The second-order valence-corrected chi connectivity index (χ2v) is 6.15. The van der Waals surface area contributed by atoms with Crippen molar-refractivity contribution in [3.8, 4) is 0 Å². The fraction of sp³-hybridized carbons (Fsp3) is 0.267. The molecule has 0 aromatic carbocycles. The molecule has 0 atom stereocenters. The predicted octanol–water partition coefficient (Wildman–Crippen LogP) is 4.14. The molecule has 0 unspecified atom stereocenters. The maximum atomic E-state index is 12.2. The lowest BCUT2D eigenvalue weighted by Gasteiger charge is -2.20. The number of hydrogen-bond acceptors (Lipinski definition) is 3. The van der Waals surface area contributed by atoms with Gasteiger partial charge in [-0.3, -0.25) is 4.79 Å². The summed E-state index contributed by atoms with van der Waals surface area (Å²) in [7, 11) is 0. The standard InChI is InChI=1S/C15H16ClNO2S/c1-2-9-17(11-13-6-7-14(16)20-13)15(18)8-5-12-4-3-10-19-12/h2-4,6-7,10H,1,5,8-9,11H2. The number of carbonyl (C=O) groups is 1. The van der Waals surface area contributed by atoms with Gasteiger partial charge in [-0.25, -0.2) is 0 Å². The van der Waals surface area contributed by atoms with Crippen LogP contribution in [0, 0.1) is 0 Å². The van der Waals surface area contributed by atoms with Crippen LogP contribution in [0.25, 0.3) is 0 Å². The molecular formula is C15H16ClNO2S. The zero-order chi connectivity index (χ0) is 14.4. The van der Waals surface area contributed by atoms with Gasteiger partial charge in [0.15, 0.2) is 0 Å². The maximum Gasteiger partial charge on any atom is 0.223 e. The van der Waals surface area contributed by atoms with Gasteiger partial charge in [-0.05, 0) is 24.3 Å². The van der Waals surface area contributed by atoms with Gasteiger partial charge in [-0.2, -0.15) is 0 Å². The first-order valence-electron chi connectivity index (χ1n) is 6.34. The van der Waals surface area contributed by atoms with Crippen molar-refractivity contribution in [2.24, 2.45) is 0 Å². The van der Waals surface area contributed by atoms with Crippen molar-refractivity contribution in [3.05, 3.63) is 58.2 Å². The van der Waals surface area contributed by atoms with Crippen LogP contribution >= 0.6 is 22.9 Å². The topological polar surface area (TPSA) is 33.5 Å². The van der Waals surface area contributed by atoms with E-state index in [1.807, 2.05) is 24.3 Å². The van der Waals surface area contributed by atoms with Gasteiger partial charge in [-0.1, -0.05) is 17.7 Å². The van der Waals surface area contributed by atoms with Gasteiger partial charge in [0.25, 0.3) is 0 Å². The Balaban J connectivity index is 1.92. The van der Waals surface area contributed by atoms with E-state index in [0.717, 1.165) is 15.0 Å². The molecule has 0 radical (unpaired) electrons. The predicted molar refractivity (Wildman–Crippen MR) is 82.0 cm³/mol. The highest BCUT2D eigenvalue weighted by molar-refractivity contribution is 7.16. The van der Waals surface area contributed by atoms with Gasteiger partial charge in [0.05, 0.1) is 17.1 Å². The third kappa shape index (κ3) is 4.25. The molecule has 1 amide bonds. The van der Waals surface area contributed by atoms with Crippen molar-refractivity contribution in [2.45, 2.75) is 19.4 Å². The van der Waals surface area contributed by atoms with Gasteiger partial charge in [-0.15, -0.1) is 17.9 Å². The molecule has 0 saturated heterocycles. The normalized spacial score (nSPS) is 10.4. The number of nitrogens with zero attached hydrogens (tertiary/aromatic N) is 1. The number of halogens is 1. The molecule has 0 bridgehead atoms. The Morgan fingerprint density at radius 2 is 2.30 bits per heavy atom. The monoisotopic (exact) mass is 309 g/mol. The average Bonchev–Trinajstić information content (AvgIpc) is 3.07. The van der Waals surface area contributed by atoms with E-state index in [9.17, 15) is 4.79 Å². The van der Waals surface area contributed by atoms with Crippen LogP contribution in [-0.2, 0) is 17.8 Å². The average molecular weight is 310 g/mol. The van der Waals surface area contributed by atoms with E-state index in [-0.39, 0.29) is 5.91 Å². The lowest BCUT2D eigenvalue weighted by atomic mass is 10.2. The molecule has 20 heavy (non-hydrogen) atoms. The maximum absolute atomic E-state index is 12.2. The summed E-state index contributed by atoms with van der Waals surface area (Å²) in [6.45, 7) is 4.81. The first-order valence-corrected chi connectivity index (χ1v) is 7.53. The van der Waals surface area contributed by atoms with E-state index < -0.39 is 0 Å². The largest absolute Gasteiger partial charge is 0.469 e. The van der Waals surface area contributed by atoms with Crippen molar-refractivity contribution in [1.29, 1.82) is 0 Å². The Kier molecular flexibility index (Phi) is 5.44. The van der Waals surface area contributed by atoms with Crippen LogP contribution in [0.15, 0.2) is 47.6 Å². The third-order valence-electron chi connectivity index (χ3n) is 2.84. The summed E-state index contributed by atoms with van der Waals surface area (Å²) >= 11 is 7.41. The van der Waals surface area contributed by atoms with Crippen molar-refractivity contribution < 1.29 is 9.21 Å². The highest BCUT2D eigenvalue weighted by Crippen LogP contribution is 2.23. The summed E-state index contributed by atoms with van der Waals surface area (Å²) in [5.41, 5.74) is 0. The number of hydrogen-bond donors (Lipinski definition) is 0. The zero-order valence-electron chi connectivity index (χ0n) is 11.0. The quantitative estimate of drug-likeness (QED) is 0.720. The first kappa shape index (κ1) is 14.9. The first-order chi connectivity index (χ1) is 9.69. The molecule has 0 aliphatic carbocycles. The Labute approximate surface area is 127 Å². The molecule has 5 heteroatoms. The summed E-state index contributed by atoms with van der Waals surface area (Å²) < 4.78 is 5.98. The minimum Gasteiger partial charge on any atom is -0.469 e. The van der Waals surface area contributed by atoms with Crippen molar-refractivity contribution in [1.82, 2.24) is 4.90 Å². The Bertz CT molecular complexity index is 562. The summed E-state index contributed by atoms with van der Waals surface area (Å²) in [5.74, 6) is 0.918. The Morgan fingerprint density at radius 3 is 2.90 bits per heavy atom. The van der Waals surface area contributed by atoms with E-state index in [2.05, 4.69) is 6.58 Å². The molecule has 106 valence electrons. The Morgan fingerprint density at radius 1 is 1.45 bits per heavy atom. The second-order valence-electron chi connectivity index (χ2n) is 4.35. The second kappa shape index (κ2) is 7.31. The highest BCUT2D eigenvalue weighted by atomic mass is 35.5. The summed E-state index contributed by atoms with van der Waals surface area (Å²) in [5, 5.41) is 0. The van der Waals surface area contributed by atoms with Gasteiger partial charge in [0.2, 0.25) is 5.91 Å². The lowest BCUT2D eigenvalue weighted by molar-refractivity contribution is -0.131. The molecular weight excluding hydrogens is 294 g/mol. The highest BCUT2D eigenvalue weighted by Gasteiger charge is 2.14. The summed E-state index contributed by atoms with van der Waals surface area (Å²) in [4.78, 5) is 15.1. The smallest absolute Gasteiger partial charge is 0.223 e. The fourth-order valence-electron chi connectivity index (χ4n) is 1.88. The van der Waals surface area contributed by atoms with E-state index >= 15 is 0 Å². The van der Waals surface area contributed by atoms with Crippen LogP contribution in [0.2, 0.25) is 4.34 Å². The van der Waals surface area contributed by atoms with Gasteiger partial charge in [0, 0.05) is 24.3 Å². The molecule has 2 aromatic heterocycles. The molecule has 2 aromatic rings. The van der Waals surface area contributed by atoms with Crippen LogP contribution in [0.5, 0.6) is 0 Å². The van der Waals surface area contributed by atoms with E-state index in [1.165, 1.54) is 11.3 Å². The lowest BCUT2D eigenvalue weighted by Crippen LogP contribution is -2.30. The molecule has 3 nitrogen and oxygen atoms in total. The number of aryl methyl sites for hydroxylation is 1. The molecule has 0 aliphatic rings. The molecule has 2 rings (SSSR count). The van der Waals surface area contributed by atoms with Crippen LogP contribution in [0.4, 0.5) is 0 Å². The molecule has 0 saturated carbocycles. The van der Waals surface area contributed by atoms with Crippen LogP contribution in [0.3, 0.4) is 0 Å². The molecule has 2 heterocycles. The molecule has 0 aliphatic heterocycles. The van der Waals surface area contributed by atoms with E-state index in [1.54, 1.807) is 17.2 Å². The minimum absolute atomic E-state index is 0.0887. The fourth-order valence-corrected chi connectivity index (χ4v) is 2.98. The van der Waals surface area contributed by atoms with E-state index in [4.69, 9.17) is 16.0 Å². The summed E-state index contributed by atoms with van der Waals surface area (Å²) in [6, 6.07) is 7.50. The molecule has 0 fully saturated rings. The van der Waals surface area contributed by atoms with Crippen LogP contribution in [-0.4, -0.2) is 17.4 Å². The molecule has 0 spiro atoms. The SMILES string of the molecule is C=CCN(Cc1ccc(Cl)s1)C(=O)CCc1ccco1. The Hall–Kier alpha value is -1.52. The molecule has 0 N–H and O–H groups in total. The summed E-state index contributed by atoms with van der Waals surface area (Å²) in [6.07, 6.45) is 4.40. The van der Waals surface area contributed by atoms with Crippen molar-refractivity contribution >= 4 is 28.8 Å².